The van der Waals surface area contributed by atoms with Crippen molar-refractivity contribution in [2.45, 2.75) is 393 Å². The molecule has 478 valence electrons. The molecule has 0 aliphatic heterocycles. The van der Waals surface area contributed by atoms with Gasteiger partial charge in [0.05, 0.1) is 0 Å². The number of unbranched alkanes of at least 4 members (excludes halogenated alkanes) is 46. The first-order valence-corrected chi connectivity index (χ1v) is 36.3. The van der Waals surface area contributed by atoms with Crippen LogP contribution in [0, 0.1) is 0 Å². The van der Waals surface area contributed by atoms with Crippen molar-refractivity contribution in [2.75, 3.05) is 13.2 Å². The summed E-state index contributed by atoms with van der Waals surface area (Å²) in [5.41, 5.74) is 0. The summed E-state index contributed by atoms with van der Waals surface area (Å²) in [4.78, 5) is 38.2. The largest absolute Gasteiger partial charge is 0.462 e. The minimum absolute atomic E-state index is 0.0681. The van der Waals surface area contributed by atoms with Crippen molar-refractivity contribution in [3.05, 3.63) is 60.8 Å². The zero-order valence-electron chi connectivity index (χ0n) is 55.0. The standard InChI is InChI=1S/C76H138O6/c1-4-7-10-13-16-18-20-22-24-26-28-30-32-34-36-37-38-39-40-42-43-45-47-49-51-53-55-57-60-63-66-69-75(78)81-72-73(71-80-74(77)68-65-62-59-15-12-9-6-3)82-76(79)70-67-64-61-58-56-54-52-50-48-46-44-41-35-33-31-29-27-25-23-21-19-17-14-11-8-5-2/h7,10,16,18,22,24,28,30,34,36,73H,4-6,8-9,11-15,17,19-21,23,25-27,29,31-33,35,37-72H2,1-3H3/b10-7-,18-16-,24-22-,30-28-,36-34-. The minimum atomic E-state index is -0.769. The maximum Gasteiger partial charge on any atom is 0.306 e. The SMILES string of the molecule is CC/C=C\C/C=C\C/C=C\C/C=C\C/C=C\CCCCCCCCCCCCCCCCCC(=O)OCC(COC(=O)CCCCCCCCC)OC(=O)CCCCCCCCCCCCCCCCCCCCCCCCCCCC. The number of hydrogen-bond donors (Lipinski definition) is 0. The molecule has 0 N–H and O–H groups in total. The summed E-state index contributed by atoms with van der Waals surface area (Å²) in [5.74, 6) is -0.849. The van der Waals surface area contributed by atoms with Crippen molar-refractivity contribution in [2.24, 2.45) is 0 Å². The van der Waals surface area contributed by atoms with Crippen LogP contribution in [0.25, 0.3) is 0 Å². The third kappa shape index (κ3) is 67.9. The van der Waals surface area contributed by atoms with Crippen molar-refractivity contribution in [1.29, 1.82) is 0 Å². The number of carbonyl (C=O) groups is 3. The van der Waals surface area contributed by atoms with Gasteiger partial charge in [-0.1, -0.05) is 364 Å². The molecule has 0 aromatic carbocycles. The molecule has 0 amide bonds. The van der Waals surface area contributed by atoms with Crippen molar-refractivity contribution < 1.29 is 28.6 Å². The molecule has 0 spiro atoms. The van der Waals surface area contributed by atoms with Gasteiger partial charge in [0, 0.05) is 19.3 Å². The first-order chi connectivity index (χ1) is 40.5. The zero-order valence-corrected chi connectivity index (χ0v) is 55.0. The Morgan fingerprint density at radius 1 is 0.256 bits per heavy atom. The van der Waals surface area contributed by atoms with Gasteiger partial charge in [-0.2, -0.15) is 0 Å². The lowest BCUT2D eigenvalue weighted by molar-refractivity contribution is -0.167. The Kier molecular flexibility index (Phi) is 68.1. The van der Waals surface area contributed by atoms with E-state index < -0.39 is 6.10 Å². The van der Waals surface area contributed by atoms with E-state index in [4.69, 9.17) is 14.2 Å². The number of allylic oxidation sites excluding steroid dienone is 10. The fourth-order valence-corrected chi connectivity index (χ4v) is 10.9. The molecule has 82 heavy (non-hydrogen) atoms. The van der Waals surface area contributed by atoms with Crippen LogP contribution in [-0.2, 0) is 28.6 Å². The van der Waals surface area contributed by atoms with Crippen LogP contribution in [0.1, 0.15) is 387 Å². The number of hydrogen-bond acceptors (Lipinski definition) is 6. The molecule has 0 radical (unpaired) electrons. The molecule has 6 heteroatoms. The van der Waals surface area contributed by atoms with Gasteiger partial charge in [-0.15, -0.1) is 0 Å². The highest BCUT2D eigenvalue weighted by Crippen LogP contribution is 2.19. The molecular formula is C76H138O6. The molecule has 0 fully saturated rings. The molecule has 0 aliphatic carbocycles. The van der Waals surface area contributed by atoms with Crippen molar-refractivity contribution in [3.63, 3.8) is 0 Å². The fraction of sp³-hybridized carbons (Fsp3) is 0.829. The van der Waals surface area contributed by atoms with Crippen LogP contribution >= 0.6 is 0 Å². The average Bonchev–Trinajstić information content (AvgIpc) is 3.48. The summed E-state index contributed by atoms with van der Waals surface area (Å²) in [6.07, 6.45) is 91.5. The minimum Gasteiger partial charge on any atom is -0.462 e. The lowest BCUT2D eigenvalue weighted by Crippen LogP contribution is -2.30. The lowest BCUT2D eigenvalue weighted by Gasteiger charge is -2.18. The maximum atomic E-state index is 12.9. The highest BCUT2D eigenvalue weighted by molar-refractivity contribution is 5.71. The predicted octanol–water partition coefficient (Wildman–Crippen LogP) is 25.1. The van der Waals surface area contributed by atoms with Crippen LogP contribution in [0.5, 0.6) is 0 Å². The monoisotopic (exact) mass is 1150 g/mol. The highest BCUT2D eigenvalue weighted by Gasteiger charge is 2.19. The normalized spacial score (nSPS) is 12.4. The molecule has 0 aromatic heterocycles. The second-order valence-corrected chi connectivity index (χ2v) is 24.5. The maximum absolute atomic E-state index is 12.9. The second-order valence-electron chi connectivity index (χ2n) is 24.5. The van der Waals surface area contributed by atoms with Crippen LogP contribution in [0.4, 0.5) is 0 Å². The molecule has 0 aromatic rings. The molecule has 0 saturated heterocycles. The van der Waals surface area contributed by atoms with Gasteiger partial charge in [0.25, 0.3) is 0 Å². The van der Waals surface area contributed by atoms with E-state index in [2.05, 4.69) is 81.5 Å². The molecule has 1 unspecified atom stereocenters. The summed E-state index contributed by atoms with van der Waals surface area (Å²) < 4.78 is 16.9. The quantitative estimate of drug-likeness (QED) is 0.0261. The molecule has 0 rings (SSSR count). The van der Waals surface area contributed by atoms with E-state index >= 15 is 0 Å². The molecular weight excluding hydrogens is 1010 g/mol. The molecule has 6 nitrogen and oxygen atoms in total. The predicted molar refractivity (Wildman–Crippen MR) is 358 cm³/mol. The van der Waals surface area contributed by atoms with Crippen LogP contribution in [0.2, 0.25) is 0 Å². The van der Waals surface area contributed by atoms with E-state index in [0.717, 1.165) is 89.9 Å². The molecule has 0 heterocycles. The summed E-state index contributed by atoms with van der Waals surface area (Å²) in [5, 5.41) is 0. The van der Waals surface area contributed by atoms with Gasteiger partial charge in [0.2, 0.25) is 0 Å². The molecule has 0 saturated carbocycles. The summed E-state index contributed by atoms with van der Waals surface area (Å²) in [6.45, 7) is 6.55. The van der Waals surface area contributed by atoms with Crippen LogP contribution in [0.3, 0.4) is 0 Å². The van der Waals surface area contributed by atoms with Gasteiger partial charge in [-0.25, -0.2) is 0 Å². The number of rotatable bonds is 67. The van der Waals surface area contributed by atoms with E-state index in [0.29, 0.717) is 19.3 Å². The Morgan fingerprint density at radius 3 is 0.744 bits per heavy atom. The van der Waals surface area contributed by atoms with E-state index in [1.54, 1.807) is 0 Å². The smallest absolute Gasteiger partial charge is 0.306 e. The highest BCUT2D eigenvalue weighted by atomic mass is 16.6. The van der Waals surface area contributed by atoms with E-state index in [1.165, 1.54) is 257 Å². The third-order valence-electron chi connectivity index (χ3n) is 16.3. The Balaban J connectivity index is 4.01. The van der Waals surface area contributed by atoms with Crippen molar-refractivity contribution in [3.8, 4) is 0 Å². The van der Waals surface area contributed by atoms with Gasteiger partial charge in [-0.3, -0.25) is 14.4 Å². The van der Waals surface area contributed by atoms with E-state index in [-0.39, 0.29) is 31.1 Å². The summed E-state index contributed by atoms with van der Waals surface area (Å²) >= 11 is 0. The molecule has 0 bridgehead atoms. The van der Waals surface area contributed by atoms with Gasteiger partial charge < -0.3 is 14.2 Å². The summed E-state index contributed by atoms with van der Waals surface area (Å²) in [6, 6.07) is 0. The van der Waals surface area contributed by atoms with Crippen LogP contribution in [-0.4, -0.2) is 37.2 Å². The van der Waals surface area contributed by atoms with Gasteiger partial charge in [-0.05, 0) is 64.2 Å². The third-order valence-corrected chi connectivity index (χ3v) is 16.3. The fourth-order valence-electron chi connectivity index (χ4n) is 10.9. The molecule has 0 aliphatic rings. The first-order valence-electron chi connectivity index (χ1n) is 36.3. The van der Waals surface area contributed by atoms with Crippen LogP contribution < -0.4 is 0 Å². The Hall–Kier alpha value is -2.89. The van der Waals surface area contributed by atoms with Gasteiger partial charge in [0.1, 0.15) is 13.2 Å². The Morgan fingerprint density at radius 2 is 0.476 bits per heavy atom. The zero-order chi connectivity index (χ0) is 59.2. The van der Waals surface area contributed by atoms with E-state index in [1.807, 2.05) is 0 Å². The van der Waals surface area contributed by atoms with Crippen LogP contribution in [0.15, 0.2) is 60.8 Å². The van der Waals surface area contributed by atoms with E-state index in [9.17, 15) is 14.4 Å². The topological polar surface area (TPSA) is 78.9 Å². The number of esters is 3. The Labute approximate surface area is 510 Å². The molecule has 1 atom stereocenters. The van der Waals surface area contributed by atoms with Gasteiger partial charge in [0.15, 0.2) is 6.10 Å². The second kappa shape index (κ2) is 70.6. The average molecular weight is 1150 g/mol. The van der Waals surface area contributed by atoms with Gasteiger partial charge >= 0.3 is 17.9 Å². The first kappa shape index (κ1) is 79.1. The Bertz CT molecular complexity index is 1460. The lowest BCUT2D eigenvalue weighted by atomic mass is 10.0. The number of carbonyl (C=O) groups excluding carboxylic acids is 3. The number of ether oxygens (including phenoxy) is 3. The van der Waals surface area contributed by atoms with Crippen molar-refractivity contribution in [1.82, 2.24) is 0 Å². The summed E-state index contributed by atoms with van der Waals surface area (Å²) in [7, 11) is 0. The van der Waals surface area contributed by atoms with Crippen molar-refractivity contribution >= 4 is 17.9 Å².